The molecular weight excluding hydrogens is 258 g/mol. The molecule has 1 unspecified atom stereocenters. The molecule has 1 aromatic carbocycles. The van der Waals surface area contributed by atoms with Crippen molar-refractivity contribution in [3.8, 4) is 0 Å². The SMILES string of the molecule is CCOC1(C(N)Cc2cccc(C)c2)CCC(C)(C)CC1. The van der Waals surface area contributed by atoms with Crippen LogP contribution < -0.4 is 5.73 Å². The maximum atomic E-state index is 6.62. The van der Waals surface area contributed by atoms with Crippen LogP contribution in [0.3, 0.4) is 0 Å². The summed E-state index contributed by atoms with van der Waals surface area (Å²) in [4.78, 5) is 0. The van der Waals surface area contributed by atoms with Crippen LogP contribution in [0.4, 0.5) is 0 Å². The Kier molecular flexibility index (Phi) is 5.11. The van der Waals surface area contributed by atoms with Crippen molar-refractivity contribution in [1.82, 2.24) is 0 Å². The van der Waals surface area contributed by atoms with Crippen LogP contribution in [-0.4, -0.2) is 18.2 Å². The van der Waals surface area contributed by atoms with Gasteiger partial charge in [-0.2, -0.15) is 0 Å². The van der Waals surface area contributed by atoms with Gasteiger partial charge in [0.2, 0.25) is 0 Å². The van der Waals surface area contributed by atoms with Gasteiger partial charge < -0.3 is 10.5 Å². The summed E-state index contributed by atoms with van der Waals surface area (Å²) in [6.07, 6.45) is 5.48. The summed E-state index contributed by atoms with van der Waals surface area (Å²) in [5.74, 6) is 0. The lowest BCUT2D eigenvalue weighted by atomic mass is 9.68. The third kappa shape index (κ3) is 4.08. The van der Waals surface area contributed by atoms with E-state index in [-0.39, 0.29) is 11.6 Å². The van der Waals surface area contributed by atoms with Crippen LogP contribution in [0.1, 0.15) is 57.6 Å². The van der Waals surface area contributed by atoms with E-state index in [1.54, 1.807) is 0 Å². The summed E-state index contributed by atoms with van der Waals surface area (Å²) in [5.41, 5.74) is 9.54. The molecule has 0 radical (unpaired) electrons. The molecule has 0 heterocycles. The van der Waals surface area contributed by atoms with E-state index in [9.17, 15) is 0 Å². The quantitative estimate of drug-likeness (QED) is 0.880. The molecule has 1 saturated carbocycles. The van der Waals surface area contributed by atoms with Gasteiger partial charge in [-0.25, -0.2) is 0 Å². The molecule has 0 bridgehead atoms. The number of hydrogen-bond donors (Lipinski definition) is 1. The molecule has 0 aromatic heterocycles. The highest BCUT2D eigenvalue weighted by Crippen LogP contribution is 2.43. The molecule has 1 atom stereocenters. The van der Waals surface area contributed by atoms with Crippen molar-refractivity contribution >= 4 is 0 Å². The molecule has 0 amide bonds. The average Bonchev–Trinajstić information content (AvgIpc) is 2.41. The largest absolute Gasteiger partial charge is 0.374 e. The highest BCUT2D eigenvalue weighted by atomic mass is 16.5. The Balaban J connectivity index is 2.11. The topological polar surface area (TPSA) is 35.2 Å². The van der Waals surface area contributed by atoms with E-state index in [1.807, 2.05) is 0 Å². The van der Waals surface area contributed by atoms with E-state index in [0.717, 1.165) is 25.9 Å². The van der Waals surface area contributed by atoms with E-state index in [1.165, 1.54) is 24.0 Å². The van der Waals surface area contributed by atoms with Crippen molar-refractivity contribution < 1.29 is 4.74 Å². The van der Waals surface area contributed by atoms with Gasteiger partial charge in [-0.1, -0.05) is 43.7 Å². The third-order valence-electron chi connectivity index (χ3n) is 5.10. The number of aryl methyl sites for hydroxylation is 1. The fraction of sp³-hybridized carbons (Fsp3) is 0.684. The first-order valence-corrected chi connectivity index (χ1v) is 8.32. The van der Waals surface area contributed by atoms with E-state index in [4.69, 9.17) is 10.5 Å². The Bertz CT molecular complexity index is 456. The Labute approximate surface area is 130 Å². The summed E-state index contributed by atoms with van der Waals surface area (Å²) in [7, 11) is 0. The second-order valence-electron chi connectivity index (χ2n) is 7.46. The van der Waals surface area contributed by atoms with Gasteiger partial charge in [-0.05, 0) is 56.9 Å². The van der Waals surface area contributed by atoms with Gasteiger partial charge in [0.05, 0.1) is 5.60 Å². The molecular formula is C19H31NO. The maximum absolute atomic E-state index is 6.62. The summed E-state index contributed by atoms with van der Waals surface area (Å²) >= 11 is 0. The molecule has 1 fully saturated rings. The monoisotopic (exact) mass is 289 g/mol. The van der Waals surface area contributed by atoms with Crippen LogP contribution in [0.5, 0.6) is 0 Å². The van der Waals surface area contributed by atoms with Crippen molar-refractivity contribution in [2.75, 3.05) is 6.61 Å². The molecule has 1 aromatic rings. The number of hydrogen-bond acceptors (Lipinski definition) is 2. The van der Waals surface area contributed by atoms with Crippen LogP contribution in [0.25, 0.3) is 0 Å². The molecule has 2 heteroatoms. The standard InChI is InChI=1S/C19H31NO/c1-5-21-19(11-9-18(3,4)10-12-19)17(20)14-16-8-6-7-15(2)13-16/h6-8,13,17H,5,9-12,14,20H2,1-4H3. The van der Waals surface area contributed by atoms with Crippen molar-refractivity contribution in [3.63, 3.8) is 0 Å². The Hall–Kier alpha value is -0.860. The predicted molar refractivity (Wildman–Crippen MR) is 89.5 cm³/mol. The van der Waals surface area contributed by atoms with Crippen LogP contribution in [0, 0.1) is 12.3 Å². The number of ether oxygens (including phenoxy) is 1. The summed E-state index contributed by atoms with van der Waals surface area (Å²) < 4.78 is 6.20. The highest BCUT2D eigenvalue weighted by Gasteiger charge is 2.43. The van der Waals surface area contributed by atoms with Crippen LogP contribution in [0.2, 0.25) is 0 Å². The number of nitrogens with two attached hydrogens (primary N) is 1. The average molecular weight is 289 g/mol. The van der Waals surface area contributed by atoms with Gasteiger partial charge >= 0.3 is 0 Å². The first kappa shape index (κ1) is 16.5. The smallest absolute Gasteiger partial charge is 0.0836 e. The van der Waals surface area contributed by atoms with Crippen molar-refractivity contribution in [3.05, 3.63) is 35.4 Å². The summed E-state index contributed by atoms with van der Waals surface area (Å²) in [5, 5.41) is 0. The second kappa shape index (κ2) is 6.50. The van der Waals surface area contributed by atoms with E-state index < -0.39 is 0 Å². The van der Waals surface area contributed by atoms with Crippen molar-refractivity contribution in [2.24, 2.45) is 11.1 Å². The predicted octanol–water partition coefficient (Wildman–Crippen LogP) is 4.24. The zero-order chi connectivity index (χ0) is 15.5. The first-order chi connectivity index (χ1) is 9.87. The second-order valence-corrected chi connectivity index (χ2v) is 7.46. The summed E-state index contributed by atoms with van der Waals surface area (Å²) in [6.45, 7) is 9.68. The van der Waals surface area contributed by atoms with Gasteiger partial charge in [0.25, 0.3) is 0 Å². The fourth-order valence-corrected chi connectivity index (χ4v) is 3.54. The molecule has 0 aliphatic heterocycles. The zero-order valence-electron chi connectivity index (χ0n) is 14.1. The minimum absolute atomic E-state index is 0.0790. The van der Waals surface area contributed by atoms with Gasteiger partial charge in [0, 0.05) is 12.6 Å². The summed E-state index contributed by atoms with van der Waals surface area (Å²) in [6, 6.07) is 8.76. The lowest BCUT2D eigenvalue weighted by molar-refractivity contribution is -0.0987. The third-order valence-corrected chi connectivity index (χ3v) is 5.10. The lowest BCUT2D eigenvalue weighted by Crippen LogP contribution is -2.54. The van der Waals surface area contributed by atoms with E-state index in [0.29, 0.717) is 5.41 Å². The van der Waals surface area contributed by atoms with Gasteiger partial charge in [0.15, 0.2) is 0 Å². The molecule has 2 rings (SSSR count). The van der Waals surface area contributed by atoms with Crippen LogP contribution >= 0.6 is 0 Å². The Morgan fingerprint density at radius 1 is 1.19 bits per heavy atom. The normalized spacial score (nSPS) is 22.0. The molecule has 0 spiro atoms. The van der Waals surface area contributed by atoms with Crippen LogP contribution in [-0.2, 0) is 11.2 Å². The van der Waals surface area contributed by atoms with Gasteiger partial charge in [-0.15, -0.1) is 0 Å². The van der Waals surface area contributed by atoms with Crippen molar-refractivity contribution in [1.29, 1.82) is 0 Å². The molecule has 2 N–H and O–H groups in total. The van der Waals surface area contributed by atoms with Gasteiger partial charge in [-0.3, -0.25) is 0 Å². The van der Waals surface area contributed by atoms with E-state index in [2.05, 4.69) is 52.0 Å². The molecule has 2 nitrogen and oxygen atoms in total. The van der Waals surface area contributed by atoms with E-state index >= 15 is 0 Å². The minimum atomic E-state index is -0.131. The first-order valence-electron chi connectivity index (χ1n) is 8.32. The minimum Gasteiger partial charge on any atom is -0.374 e. The Morgan fingerprint density at radius 2 is 1.86 bits per heavy atom. The van der Waals surface area contributed by atoms with Crippen LogP contribution in [0.15, 0.2) is 24.3 Å². The molecule has 1 aliphatic rings. The highest BCUT2D eigenvalue weighted by molar-refractivity contribution is 5.23. The molecule has 0 saturated heterocycles. The Morgan fingerprint density at radius 3 is 2.43 bits per heavy atom. The maximum Gasteiger partial charge on any atom is 0.0836 e. The molecule has 21 heavy (non-hydrogen) atoms. The molecule has 1 aliphatic carbocycles. The molecule has 118 valence electrons. The fourth-order valence-electron chi connectivity index (χ4n) is 3.54. The number of rotatable bonds is 5. The lowest BCUT2D eigenvalue weighted by Gasteiger charge is -2.46. The zero-order valence-corrected chi connectivity index (χ0v) is 14.1. The number of benzene rings is 1. The van der Waals surface area contributed by atoms with Crippen molar-refractivity contribution in [2.45, 2.75) is 71.4 Å². The van der Waals surface area contributed by atoms with Gasteiger partial charge in [0.1, 0.15) is 0 Å².